The number of benzene rings is 3. The molecule has 0 unspecified atom stereocenters. The van der Waals surface area contributed by atoms with Gasteiger partial charge in [0.2, 0.25) is 5.82 Å². The summed E-state index contributed by atoms with van der Waals surface area (Å²) in [4.78, 5) is 29.9. The highest BCUT2D eigenvalue weighted by Gasteiger charge is 2.18. The van der Waals surface area contributed by atoms with E-state index in [4.69, 9.17) is 0 Å². The summed E-state index contributed by atoms with van der Waals surface area (Å²) in [6.45, 7) is 7.94. The minimum Gasteiger partial charge on any atom is -0.322 e. The first-order valence-corrected chi connectivity index (χ1v) is 11.1. The molecule has 1 heterocycles. The molecule has 0 saturated heterocycles. The normalized spacial score (nSPS) is 10.9. The van der Waals surface area contributed by atoms with E-state index >= 15 is 0 Å². The number of rotatable bonds is 6. The van der Waals surface area contributed by atoms with E-state index in [1.54, 1.807) is 28.9 Å². The number of aryl methyl sites for hydroxylation is 2. The molecule has 4 aromatic rings. The Balaban J connectivity index is 1.55. The molecule has 3 aromatic carbocycles. The number of para-hydroxylation sites is 1. The molecule has 0 fully saturated rings. The van der Waals surface area contributed by atoms with Gasteiger partial charge in [-0.3, -0.25) is 9.59 Å². The summed E-state index contributed by atoms with van der Waals surface area (Å²) in [5, 5.41) is 10.2. The molecule has 0 saturated carbocycles. The van der Waals surface area contributed by atoms with Gasteiger partial charge in [-0.2, -0.15) is 0 Å². The number of nitrogens with one attached hydrogen (secondary N) is 2. The van der Waals surface area contributed by atoms with E-state index in [2.05, 4.69) is 40.6 Å². The SMILES string of the molecule is Cc1ccc(NC(=O)c2ccccc2)cc1NC(=O)c1nc(C)n(-c2ccccc2C(C)C)n1. The van der Waals surface area contributed by atoms with Crippen LogP contribution >= 0.6 is 0 Å². The Morgan fingerprint density at radius 1 is 0.853 bits per heavy atom. The molecule has 0 aliphatic carbocycles. The van der Waals surface area contributed by atoms with Crippen LogP contribution in [-0.4, -0.2) is 26.6 Å². The van der Waals surface area contributed by atoms with Crippen LogP contribution < -0.4 is 10.6 Å². The van der Waals surface area contributed by atoms with Crippen molar-refractivity contribution in [1.82, 2.24) is 14.8 Å². The van der Waals surface area contributed by atoms with Crippen molar-refractivity contribution in [3.8, 4) is 5.69 Å². The highest BCUT2D eigenvalue weighted by atomic mass is 16.2. The minimum absolute atomic E-state index is 0.0779. The predicted molar refractivity (Wildman–Crippen MR) is 134 cm³/mol. The van der Waals surface area contributed by atoms with Gasteiger partial charge in [-0.15, -0.1) is 5.10 Å². The molecule has 7 nitrogen and oxygen atoms in total. The van der Waals surface area contributed by atoms with E-state index in [0.29, 0.717) is 28.7 Å². The van der Waals surface area contributed by atoms with Crippen LogP contribution in [0.2, 0.25) is 0 Å². The van der Waals surface area contributed by atoms with Gasteiger partial charge in [0.25, 0.3) is 11.8 Å². The van der Waals surface area contributed by atoms with Crippen LogP contribution in [0.1, 0.15) is 57.7 Å². The second-order valence-electron chi connectivity index (χ2n) is 8.41. The Kier molecular flexibility index (Phi) is 6.54. The molecule has 0 atom stereocenters. The minimum atomic E-state index is -0.418. The first-order chi connectivity index (χ1) is 16.3. The number of aromatic nitrogens is 3. The first kappa shape index (κ1) is 22.9. The summed E-state index contributed by atoms with van der Waals surface area (Å²) in [6, 6.07) is 22.3. The summed E-state index contributed by atoms with van der Waals surface area (Å²) < 4.78 is 1.70. The van der Waals surface area contributed by atoms with Crippen molar-refractivity contribution in [2.75, 3.05) is 10.6 Å². The van der Waals surface area contributed by atoms with Crippen molar-refractivity contribution >= 4 is 23.2 Å². The quantitative estimate of drug-likeness (QED) is 0.403. The van der Waals surface area contributed by atoms with Gasteiger partial charge < -0.3 is 10.6 Å². The summed E-state index contributed by atoms with van der Waals surface area (Å²) in [6.07, 6.45) is 0. The van der Waals surface area contributed by atoms with Gasteiger partial charge in [-0.25, -0.2) is 9.67 Å². The maximum atomic E-state index is 13.0. The molecule has 0 aliphatic rings. The number of anilines is 2. The molecule has 7 heteroatoms. The van der Waals surface area contributed by atoms with E-state index in [1.165, 1.54) is 0 Å². The highest BCUT2D eigenvalue weighted by molar-refractivity contribution is 6.05. The molecule has 1 aromatic heterocycles. The number of hydrogen-bond donors (Lipinski definition) is 2. The van der Waals surface area contributed by atoms with Gasteiger partial charge in [0, 0.05) is 16.9 Å². The van der Waals surface area contributed by atoms with Crippen LogP contribution in [0.4, 0.5) is 11.4 Å². The number of hydrogen-bond acceptors (Lipinski definition) is 4. The summed E-state index contributed by atoms with van der Waals surface area (Å²) in [7, 11) is 0. The largest absolute Gasteiger partial charge is 0.322 e. The summed E-state index contributed by atoms with van der Waals surface area (Å²) >= 11 is 0. The molecule has 2 amide bonds. The molecular formula is C27H27N5O2. The predicted octanol–water partition coefficient (Wildman–Crippen LogP) is 5.51. The third-order valence-electron chi connectivity index (χ3n) is 5.54. The number of carbonyl (C=O) groups is 2. The second-order valence-corrected chi connectivity index (χ2v) is 8.41. The number of nitrogens with zero attached hydrogens (tertiary/aromatic N) is 3. The van der Waals surface area contributed by atoms with Crippen LogP contribution in [0.5, 0.6) is 0 Å². The van der Waals surface area contributed by atoms with E-state index < -0.39 is 5.91 Å². The van der Waals surface area contributed by atoms with E-state index in [0.717, 1.165) is 16.8 Å². The molecule has 172 valence electrons. The third-order valence-corrected chi connectivity index (χ3v) is 5.54. The van der Waals surface area contributed by atoms with Gasteiger partial charge in [0.05, 0.1) is 5.69 Å². The monoisotopic (exact) mass is 453 g/mol. The summed E-state index contributed by atoms with van der Waals surface area (Å²) in [5.41, 5.74) is 4.60. The van der Waals surface area contributed by atoms with Gasteiger partial charge in [0.1, 0.15) is 5.82 Å². The molecule has 34 heavy (non-hydrogen) atoms. The fourth-order valence-electron chi connectivity index (χ4n) is 3.69. The highest BCUT2D eigenvalue weighted by Crippen LogP contribution is 2.24. The van der Waals surface area contributed by atoms with Crippen molar-refractivity contribution in [3.63, 3.8) is 0 Å². The number of amides is 2. The van der Waals surface area contributed by atoms with Gasteiger partial charge in [-0.1, -0.05) is 56.3 Å². The van der Waals surface area contributed by atoms with Crippen LogP contribution in [0.15, 0.2) is 72.8 Å². The van der Waals surface area contributed by atoms with E-state index in [-0.39, 0.29) is 11.7 Å². The van der Waals surface area contributed by atoms with Crippen molar-refractivity contribution in [2.24, 2.45) is 0 Å². The van der Waals surface area contributed by atoms with Crippen LogP contribution in [0, 0.1) is 13.8 Å². The van der Waals surface area contributed by atoms with Crippen molar-refractivity contribution in [2.45, 2.75) is 33.6 Å². The molecule has 0 radical (unpaired) electrons. The number of carbonyl (C=O) groups excluding carboxylic acids is 2. The lowest BCUT2D eigenvalue weighted by molar-refractivity contribution is 0.101. The van der Waals surface area contributed by atoms with Gasteiger partial charge in [0.15, 0.2) is 0 Å². The molecular weight excluding hydrogens is 426 g/mol. The van der Waals surface area contributed by atoms with Crippen LogP contribution in [0.25, 0.3) is 5.69 Å². The van der Waals surface area contributed by atoms with E-state index in [1.807, 2.05) is 56.3 Å². The second kappa shape index (κ2) is 9.70. The summed E-state index contributed by atoms with van der Waals surface area (Å²) in [5.74, 6) is 0.363. The van der Waals surface area contributed by atoms with Crippen LogP contribution in [0.3, 0.4) is 0 Å². The zero-order valence-electron chi connectivity index (χ0n) is 19.7. The van der Waals surface area contributed by atoms with Crippen LogP contribution in [-0.2, 0) is 0 Å². The standard InChI is InChI=1S/C27H27N5O2/c1-17(2)22-12-8-9-13-24(22)32-19(4)28-25(31-32)27(34)30-23-16-21(15-14-18(23)3)29-26(33)20-10-6-5-7-11-20/h5-17H,1-4H3,(H,29,33)(H,30,34). The van der Waals surface area contributed by atoms with Gasteiger partial charge >= 0.3 is 0 Å². The topological polar surface area (TPSA) is 88.9 Å². The van der Waals surface area contributed by atoms with Gasteiger partial charge in [-0.05, 0) is 61.2 Å². The third kappa shape index (κ3) is 4.88. The van der Waals surface area contributed by atoms with Crippen molar-refractivity contribution in [1.29, 1.82) is 0 Å². The molecule has 0 spiro atoms. The zero-order chi connectivity index (χ0) is 24.2. The first-order valence-electron chi connectivity index (χ1n) is 11.1. The Morgan fingerprint density at radius 3 is 2.29 bits per heavy atom. The molecule has 2 N–H and O–H groups in total. The molecule has 0 bridgehead atoms. The Morgan fingerprint density at radius 2 is 1.56 bits per heavy atom. The Hall–Kier alpha value is -4.26. The maximum absolute atomic E-state index is 13.0. The van der Waals surface area contributed by atoms with E-state index in [9.17, 15) is 9.59 Å². The Labute approximate surface area is 198 Å². The zero-order valence-corrected chi connectivity index (χ0v) is 19.7. The average molecular weight is 454 g/mol. The Bertz CT molecular complexity index is 1340. The van der Waals surface area contributed by atoms with Crippen molar-refractivity contribution < 1.29 is 9.59 Å². The fourth-order valence-corrected chi connectivity index (χ4v) is 3.69. The average Bonchev–Trinajstić information content (AvgIpc) is 3.23. The smallest absolute Gasteiger partial charge is 0.295 e. The molecule has 0 aliphatic heterocycles. The fraction of sp³-hybridized carbons (Fsp3) is 0.185. The lowest BCUT2D eigenvalue weighted by Crippen LogP contribution is -2.16. The van der Waals surface area contributed by atoms with Crippen molar-refractivity contribution in [3.05, 3.63) is 101 Å². The lowest BCUT2D eigenvalue weighted by atomic mass is 10.0. The lowest BCUT2D eigenvalue weighted by Gasteiger charge is -2.13. The maximum Gasteiger partial charge on any atom is 0.295 e. The molecule has 4 rings (SSSR count).